The summed E-state index contributed by atoms with van der Waals surface area (Å²) in [6.45, 7) is 0. The number of hydrogen-bond acceptors (Lipinski definition) is 3. The highest BCUT2D eigenvalue weighted by Gasteiger charge is 2.15. The molecule has 0 atom stereocenters. The molecule has 0 unspecified atom stereocenters. The standard InChI is InChI=1S/C10H7BrO3S/c1-14-5-2-3-6-7(4-5)15-9(8(6)11)10(12)13/h2-4H,1H3,(H,12,13). The van der Waals surface area contributed by atoms with E-state index in [1.165, 1.54) is 11.3 Å². The molecule has 0 fully saturated rings. The largest absolute Gasteiger partial charge is 0.497 e. The molecule has 2 aromatic rings. The van der Waals surface area contributed by atoms with Crippen LogP contribution in [0.2, 0.25) is 0 Å². The molecule has 2 rings (SSSR count). The Labute approximate surface area is 98.4 Å². The summed E-state index contributed by atoms with van der Waals surface area (Å²) >= 11 is 4.52. The van der Waals surface area contributed by atoms with Gasteiger partial charge in [0.15, 0.2) is 0 Å². The first kappa shape index (κ1) is 10.4. The first-order valence-corrected chi connectivity index (χ1v) is 5.73. The molecule has 0 spiro atoms. The summed E-state index contributed by atoms with van der Waals surface area (Å²) in [5.41, 5.74) is 0. The van der Waals surface area contributed by atoms with Gasteiger partial charge in [0.05, 0.1) is 11.6 Å². The molecule has 0 aliphatic heterocycles. The van der Waals surface area contributed by atoms with Crippen molar-refractivity contribution in [3.8, 4) is 5.75 Å². The van der Waals surface area contributed by atoms with Crippen molar-refractivity contribution < 1.29 is 14.6 Å². The molecule has 1 heterocycles. The van der Waals surface area contributed by atoms with Gasteiger partial charge in [-0.2, -0.15) is 0 Å². The molecule has 1 N–H and O–H groups in total. The van der Waals surface area contributed by atoms with Gasteiger partial charge in [-0.25, -0.2) is 4.79 Å². The van der Waals surface area contributed by atoms with E-state index in [2.05, 4.69) is 15.9 Å². The van der Waals surface area contributed by atoms with Crippen molar-refractivity contribution in [2.75, 3.05) is 7.11 Å². The SMILES string of the molecule is COc1ccc2c(Br)c(C(=O)O)sc2c1. The topological polar surface area (TPSA) is 46.5 Å². The zero-order chi connectivity index (χ0) is 11.0. The maximum atomic E-state index is 10.9. The van der Waals surface area contributed by atoms with Gasteiger partial charge in [-0.15, -0.1) is 11.3 Å². The monoisotopic (exact) mass is 286 g/mol. The molecule has 1 aromatic carbocycles. The number of hydrogen-bond donors (Lipinski definition) is 1. The first-order valence-electron chi connectivity index (χ1n) is 4.13. The first-order chi connectivity index (χ1) is 7.13. The molecule has 1 aromatic heterocycles. The summed E-state index contributed by atoms with van der Waals surface area (Å²) in [5.74, 6) is -0.185. The molecule has 3 nitrogen and oxygen atoms in total. The van der Waals surface area contributed by atoms with E-state index in [9.17, 15) is 4.79 Å². The number of thiophene rings is 1. The number of methoxy groups -OCH3 is 1. The van der Waals surface area contributed by atoms with Crippen molar-refractivity contribution in [2.24, 2.45) is 0 Å². The fraction of sp³-hybridized carbons (Fsp3) is 0.100. The molecule has 0 radical (unpaired) electrons. The second kappa shape index (κ2) is 3.83. The molecule has 5 heteroatoms. The third kappa shape index (κ3) is 1.72. The summed E-state index contributed by atoms with van der Waals surface area (Å²) in [6.07, 6.45) is 0. The van der Waals surface area contributed by atoms with Crippen molar-refractivity contribution in [2.45, 2.75) is 0 Å². The Kier molecular flexibility index (Phi) is 2.67. The van der Waals surface area contributed by atoms with E-state index in [1.807, 2.05) is 18.2 Å². The third-order valence-corrected chi connectivity index (χ3v) is 4.26. The lowest BCUT2D eigenvalue weighted by Gasteiger charge is -1.97. The second-order valence-corrected chi connectivity index (χ2v) is 4.76. The lowest BCUT2D eigenvalue weighted by molar-refractivity contribution is 0.0701. The number of halogens is 1. The van der Waals surface area contributed by atoms with Crippen molar-refractivity contribution in [1.82, 2.24) is 0 Å². The van der Waals surface area contributed by atoms with Crippen LogP contribution in [-0.2, 0) is 0 Å². The molecule has 0 aliphatic carbocycles. The van der Waals surface area contributed by atoms with Gasteiger partial charge >= 0.3 is 5.97 Å². The molecule has 78 valence electrons. The molecule has 0 amide bonds. The van der Waals surface area contributed by atoms with E-state index < -0.39 is 5.97 Å². The fourth-order valence-electron chi connectivity index (χ4n) is 1.31. The van der Waals surface area contributed by atoms with Crippen LogP contribution in [-0.4, -0.2) is 18.2 Å². The van der Waals surface area contributed by atoms with Crippen LogP contribution in [0.25, 0.3) is 10.1 Å². The van der Waals surface area contributed by atoms with Crippen LogP contribution in [0.4, 0.5) is 0 Å². The van der Waals surface area contributed by atoms with Gasteiger partial charge in [-0.1, -0.05) is 0 Å². The van der Waals surface area contributed by atoms with E-state index in [0.29, 0.717) is 9.35 Å². The molecule has 0 saturated heterocycles. The van der Waals surface area contributed by atoms with Gasteiger partial charge in [0.1, 0.15) is 10.6 Å². The normalized spacial score (nSPS) is 10.5. The predicted octanol–water partition coefficient (Wildman–Crippen LogP) is 3.37. The smallest absolute Gasteiger partial charge is 0.347 e. The predicted molar refractivity (Wildman–Crippen MR) is 63.0 cm³/mol. The summed E-state index contributed by atoms with van der Waals surface area (Å²) in [4.78, 5) is 11.2. The van der Waals surface area contributed by atoms with E-state index in [0.717, 1.165) is 15.8 Å². The maximum absolute atomic E-state index is 10.9. The van der Waals surface area contributed by atoms with Crippen LogP contribution < -0.4 is 4.74 Å². The molecule has 0 saturated carbocycles. The highest BCUT2D eigenvalue weighted by molar-refractivity contribution is 9.10. The Morgan fingerprint density at radius 1 is 1.53 bits per heavy atom. The van der Waals surface area contributed by atoms with Crippen molar-refractivity contribution in [3.63, 3.8) is 0 Å². The summed E-state index contributed by atoms with van der Waals surface area (Å²) in [5, 5.41) is 9.84. The zero-order valence-electron chi connectivity index (χ0n) is 7.78. The number of carboxylic acid groups (broad SMARTS) is 1. The quantitative estimate of drug-likeness (QED) is 0.921. The summed E-state index contributed by atoms with van der Waals surface area (Å²) < 4.78 is 6.61. The van der Waals surface area contributed by atoms with Crippen LogP contribution in [0.15, 0.2) is 22.7 Å². The molecular formula is C10H7BrO3S. The summed E-state index contributed by atoms with van der Waals surface area (Å²) in [6, 6.07) is 5.49. The number of aromatic carboxylic acids is 1. The number of fused-ring (bicyclic) bond motifs is 1. The highest BCUT2D eigenvalue weighted by atomic mass is 79.9. The molecule has 0 bridgehead atoms. The minimum atomic E-state index is -0.915. The van der Waals surface area contributed by atoms with Gasteiger partial charge < -0.3 is 9.84 Å². The van der Waals surface area contributed by atoms with E-state index >= 15 is 0 Å². The van der Waals surface area contributed by atoms with E-state index in [4.69, 9.17) is 9.84 Å². The third-order valence-electron chi connectivity index (χ3n) is 2.03. The van der Waals surface area contributed by atoms with Crippen LogP contribution >= 0.6 is 27.3 Å². The Morgan fingerprint density at radius 3 is 2.87 bits per heavy atom. The fourth-order valence-corrected chi connectivity index (χ4v) is 3.16. The van der Waals surface area contributed by atoms with Gasteiger partial charge in [-0.05, 0) is 34.1 Å². The second-order valence-electron chi connectivity index (χ2n) is 2.91. The van der Waals surface area contributed by atoms with E-state index in [1.54, 1.807) is 7.11 Å². The van der Waals surface area contributed by atoms with Gasteiger partial charge in [0.25, 0.3) is 0 Å². The molecule has 0 aliphatic rings. The Morgan fingerprint density at radius 2 is 2.27 bits per heavy atom. The number of ether oxygens (including phenoxy) is 1. The Hall–Kier alpha value is -1.07. The highest BCUT2D eigenvalue weighted by Crippen LogP contribution is 2.37. The zero-order valence-corrected chi connectivity index (χ0v) is 10.2. The summed E-state index contributed by atoms with van der Waals surface area (Å²) in [7, 11) is 1.59. The number of benzene rings is 1. The minimum Gasteiger partial charge on any atom is -0.497 e. The van der Waals surface area contributed by atoms with Crippen LogP contribution in [0.5, 0.6) is 5.75 Å². The average Bonchev–Trinajstić information content (AvgIpc) is 2.55. The number of carbonyl (C=O) groups is 1. The Balaban J connectivity index is 2.70. The van der Waals surface area contributed by atoms with Crippen molar-refractivity contribution in [3.05, 3.63) is 27.5 Å². The number of carboxylic acids is 1. The van der Waals surface area contributed by atoms with Crippen LogP contribution in [0.3, 0.4) is 0 Å². The molecule has 15 heavy (non-hydrogen) atoms. The molecular weight excluding hydrogens is 280 g/mol. The van der Waals surface area contributed by atoms with Gasteiger partial charge in [-0.3, -0.25) is 0 Å². The van der Waals surface area contributed by atoms with Crippen molar-refractivity contribution in [1.29, 1.82) is 0 Å². The van der Waals surface area contributed by atoms with Crippen molar-refractivity contribution >= 4 is 43.3 Å². The van der Waals surface area contributed by atoms with Crippen LogP contribution in [0.1, 0.15) is 9.67 Å². The Bertz CT molecular complexity index is 533. The minimum absolute atomic E-state index is 0.318. The lowest BCUT2D eigenvalue weighted by Crippen LogP contribution is -1.91. The number of rotatable bonds is 2. The lowest BCUT2D eigenvalue weighted by atomic mass is 10.2. The maximum Gasteiger partial charge on any atom is 0.347 e. The van der Waals surface area contributed by atoms with Gasteiger partial charge in [0, 0.05) is 10.1 Å². The van der Waals surface area contributed by atoms with E-state index in [-0.39, 0.29) is 0 Å². The average molecular weight is 287 g/mol. The van der Waals surface area contributed by atoms with Gasteiger partial charge in [0.2, 0.25) is 0 Å². The van der Waals surface area contributed by atoms with Crippen LogP contribution in [0, 0.1) is 0 Å².